The summed E-state index contributed by atoms with van der Waals surface area (Å²) in [6.07, 6.45) is 3.34. The molecule has 1 saturated heterocycles. The third kappa shape index (κ3) is 8.55. The first-order chi connectivity index (χ1) is 19.0. The third-order valence-electron chi connectivity index (χ3n) is 6.56. The van der Waals surface area contributed by atoms with Gasteiger partial charge in [-0.05, 0) is 63.1 Å². The molecule has 0 unspecified atom stereocenters. The van der Waals surface area contributed by atoms with Gasteiger partial charge in [0.05, 0.1) is 18.2 Å². The molecule has 1 aromatic heterocycles. The van der Waals surface area contributed by atoms with Crippen molar-refractivity contribution in [2.75, 3.05) is 26.3 Å². The Hall–Kier alpha value is -3.40. The number of rotatable bonds is 13. The lowest BCUT2D eigenvalue weighted by atomic mass is 9.92. The van der Waals surface area contributed by atoms with Crippen LogP contribution in [-0.4, -0.2) is 73.6 Å². The van der Waals surface area contributed by atoms with Crippen LogP contribution < -0.4 is 15.9 Å². The molecule has 0 bridgehead atoms. The quantitative estimate of drug-likeness (QED) is 0.0785. The van der Waals surface area contributed by atoms with Crippen LogP contribution in [0.1, 0.15) is 45.1 Å². The molecule has 0 saturated carbocycles. The van der Waals surface area contributed by atoms with Gasteiger partial charge < -0.3 is 10.6 Å². The number of benzene rings is 1. The number of carbonyl (C=O) groups excluding carboxylic acids is 1. The molecule has 1 aliphatic heterocycles. The molecule has 0 radical (unpaired) electrons. The van der Waals surface area contributed by atoms with Gasteiger partial charge in [-0.1, -0.05) is 24.5 Å². The van der Waals surface area contributed by atoms with Crippen LogP contribution in [0, 0.1) is 23.0 Å². The number of fused-ring (bicyclic) bond motifs is 1. The van der Waals surface area contributed by atoms with Crippen molar-refractivity contribution in [2.24, 2.45) is 16.6 Å². The molecule has 220 valence electrons. The summed E-state index contributed by atoms with van der Waals surface area (Å²) in [7, 11) is -4.18. The fourth-order valence-electron chi connectivity index (χ4n) is 4.68. The minimum Gasteiger partial charge on any atom is -0.365 e. The summed E-state index contributed by atoms with van der Waals surface area (Å²) in [5.41, 5.74) is 8.41. The SMILES string of the molecule is CCOOC[C@H]1C[C@H](C)CCN1C(=O)[C@@H](CCCN=C(N)N[N+](=O)[O-])NS(=O)(=O)c1cccc2cc(C)cnc12. The van der Waals surface area contributed by atoms with E-state index in [1.165, 1.54) is 6.07 Å². The van der Waals surface area contributed by atoms with E-state index in [1.807, 2.05) is 13.0 Å². The van der Waals surface area contributed by atoms with E-state index in [2.05, 4.69) is 21.6 Å². The van der Waals surface area contributed by atoms with E-state index in [9.17, 15) is 23.3 Å². The highest BCUT2D eigenvalue weighted by Crippen LogP contribution is 2.26. The van der Waals surface area contributed by atoms with Crippen LogP contribution in [0.5, 0.6) is 0 Å². The summed E-state index contributed by atoms with van der Waals surface area (Å²) < 4.78 is 29.9. The minimum absolute atomic E-state index is 0.0382. The first-order valence-electron chi connectivity index (χ1n) is 13.1. The van der Waals surface area contributed by atoms with Crippen LogP contribution in [0.3, 0.4) is 0 Å². The average Bonchev–Trinajstić information content (AvgIpc) is 2.89. The Morgan fingerprint density at radius 3 is 2.88 bits per heavy atom. The maximum Gasteiger partial charge on any atom is 0.251 e. The van der Waals surface area contributed by atoms with Crippen molar-refractivity contribution in [2.45, 2.75) is 63.4 Å². The van der Waals surface area contributed by atoms with E-state index in [1.54, 1.807) is 35.6 Å². The van der Waals surface area contributed by atoms with Crippen molar-refractivity contribution in [3.05, 3.63) is 46.1 Å². The maximum absolute atomic E-state index is 13.9. The van der Waals surface area contributed by atoms with Gasteiger partial charge >= 0.3 is 0 Å². The lowest BCUT2D eigenvalue weighted by Gasteiger charge is -2.39. The number of hydrogen-bond donors (Lipinski definition) is 3. The van der Waals surface area contributed by atoms with Gasteiger partial charge in [0.2, 0.25) is 15.9 Å². The number of guanidine groups is 1. The normalized spacial score (nSPS) is 19.0. The van der Waals surface area contributed by atoms with Gasteiger partial charge in [0.25, 0.3) is 5.96 Å². The zero-order chi connectivity index (χ0) is 29.3. The number of aromatic nitrogens is 1. The van der Waals surface area contributed by atoms with Crippen molar-refractivity contribution in [1.82, 2.24) is 20.0 Å². The van der Waals surface area contributed by atoms with Crippen LogP contribution in [0.2, 0.25) is 0 Å². The monoisotopic (exact) mass is 579 g/mol. The minimum atomic E-state index is -4.18. The number of pyridine rings is 1. The molecule has 1 fully saturated rings. The Morgan fingerprint density at radius 1 is 1.38 bits per heavy atom. The largest absolute Gasteiger partial charge is 0.365 e. The number of aryl methyl sites for hydroxylation is 1. The number of nitro groups is 1. The Kier molecular flexibility index (Phi) is 11.1. The van der Waals surface area contributed by atoms with Gasteiger partial charge in [-0.25, -0.2) is 33.3 Å². The molecule has 3 atom stereocenters. The van der Waals surface area contributed by atoms with Crippen LogP contribution in [-0.2, 0) is 24.6 Å². The summed E-state index contributed by atoms with van der Waals surface area (Å²) in [6, 6.07) is 5.26. The van der Waals surface area contributed by atoms with Gasteiger partial charge in [-0.15, -0.1) is 0 Å². The molecule has 2 heterocycles. The van der Waals surface area contributed by atoms with Crippen LogP contribution in [0.4, 0.5) is 0 Å². The number of nitrogens with zero attached hydrogens (tertiary/aromatic N) is 4. The summed E-state index contributed by atoms with van der Waals surface area (Å²) in [5.74, 6) is -0.431. The summed E-state index contributed by atoms with van der Waals surface area (Å²) in [6.45, 7) is 6.73. The predicted octanol–water partition coefficient (Wildman–Crippen LogP) is 1.66. The molecule has 15 heteroatoms. The fraction of sp³-hybridized carbons (Fsp3) is 0.560. The first kappa shape index (κ1) is 31.1. The molecule has 0 spiro atoms. The van der Waals surface area contributed by atoms with E-state index in [0.29, 0.717) is 36.4 Å². The van der Waals surface area contributed by atoms with Gasteiger partial charge in [0, 0.05) is 24.7 Å². The molecule has 3 rings (SSSR count). The molecule has 4 N–H and O–H groups in total. The van der Waals surface area contributed by atoms with Crippen molar-refractivity contribution in [3.8, 4) is 0 Å². The zero-order valence-electron chi connectivity index (χ0n) is 22.9. The Morgan fingerprint density at radius 2 is 2.15 bits per heavy atom. The van der Waals surface area contributed by atoms with E-state index in [4.69, 9.17) is 15.5 Å². The fourth-order valence-corrected chi connectivity index (χ4v) is 6.08. The highest BCUT2D eigenvalue weighted by molar-refractivity contribution is 7.89. The number of piperidine rings is 1. The molecule has 14 nitrogen and oxygen atoms in total. The van der Waals surface area contributed by atoms with Crippen LogP contribution in [0.25, 0.3) is 10.9 Å². The number of nitrogens with one attached hydrogen (secondary N) is 2. The van der Waals surface area contributed by atoms with Gasteiger partial charge in [0.1, 0.15) is 17.5 Å². The van der Waals surface area contributed by atoms with E-state index in [0.717, 1.165) is 12.0 Å². The highest BCUT2D eigenvalue weighted by atomic mass is 32.2. The molecule has 1 aromatic carbocycles. The smallest absolute Gasteiger partial charge is 0.251 e. The summed E-state index contributed by atoms with van der Waals surface area (Å²) in [4.78, 5) is 44.5. The number of likely N-dealkylation sites (tertiary alicyclic amines) is 1. The Balaban J connectivity index is 1.87. The predicted molar refractivity (Wildman–Crippen MR) is 148 cm³/mol. The number of amides is 1. The number of aliphatic imine (C=N–C) groups is 1. The number of nitrogens with two attached hydrogens (primary N) is 1. The Labute approximate surface area is 233 Å². The van der Waals surface area contributed by atoms with Crippen molar-refractivity contribution >= 4 is 32.8 Å². The molecule has 1 amide bonds. The molecule has 40 heavy (non-hydrogen) atoms. The molecule has 0 aliphatic carbocycles. The first-order valence-corrected chi connectivity index (χ1v) is 14.6. The van der Waals surface area contributed by atoms with Crippen molar-refractivity contribution in [3.63, 3.8) is 0 Å². The molecular weight excluding hydrogens is 542 g/mol. The standard InChI is InChI=1S/C25H37N7O7S/c1-4-38-39-16-20-14-17(2)10-12-31(20)24(33)21(8-6-11-27-25(26)29-32(34)35)30-40(36,37)22-9-5-7-19-13-18(3)15-28-23(19)22/h5,7,9,13,15,17,20-21,30H,4,6,8,10-12,14,16H2,1-3H3,(H3,26,27,29)/t17-,20-,21-/m1/s1. The van der Waals surface area contributed by atoms with Crippen molar-refractivity contribution < 1.29 is 28.0 Å². The Bertz CT molecular complexity index is 1320. The van der Waals surface area contributed by atoms with E-state index >= 15 is 0 Å². The van der Waals surface area contributed by atoms with Gasteiger partial charge in [0.15, 0.2) is 5.03 Å². The third-order valence-corrected chi connectivity index (χ3v) is 8.06. The number of para-hydroxylation sites is 1. The van der Waals surface area contributed by atoms with Crippen molar-refractivity contribution in [1.29, 1.82) is 0 Å². The zero-order valence-corrected chi connectivity index (χ0v) is 23.7. The lowest BCUT2D eigenvalue weighted by Crippen LogP contribution is -2.55. The maximum atomic E-state index is 13.9. The molecule has 1 aliphatic rings. The number of hydrogen-bond acceptors (Lipinski definition) is 9. The topological polar surface area (TPSA) is 191 Å². The van der Waals surface area contributed by atoms with Gasteiger partial charge in [-0.2, -0.15) is 4.72 Å². The average molecular weight is 580 g/mol. The van der Waals surface area contributed by atoms with Crippen LogP contribution in [0.15, 0.2) is 40.4 Å². The lowest BCUT2D eigenvalue weighted by molar-refractivity contribution is -0.525. The second-order valence-electron chi connectivity index (χ2n) is 9.80. The van der Waals surface area contributed by atoms with Gasteiger partial charge in [-0.3, -0.25) is 9.78 Å². The summed E-state index contributed by atoms with van der Waals surface area (Å²) >= 11 is 0. The number of sulfonamides is 1. The molecule has 2 aromatic rings. The number of carbonyl (C=O) groups is 1. The molecular formula is C25H37N7O7S. The summed E-state index contributed by atoms with van der Waals surface area (Å²) in [5, 5.41) is 10.4. The second kappa shape index (κ2) is 14.3. The second-order valence-corrected chi connectivity index (χ2v) is 11.5. The van der Waals surface area contributed by atoms with E-state index in [-0.39, 0.29) is 42.9 Å². The van der Waals surface area contributed by atoms with Crippen LogP contribution >= 0.6 is 0 Å². The van der Waals surface area contributed by atoms with E-state index < -0.39 is 27.0 Å². The highest BCUT2D eigenvalue weighted by Gasteiger charge is 2.36. The number of hydrazine groups is 1.